The van der Waals surface area contributed by atoms with E-state index in [4.69, 9.17) is 11.6 Å². The van der Waals surface area contributed by atoms with Crippen molar-refractivity contribution >= 4 is 29.1 Å². The predicted octanol–water partition coefficient (Wildman–Crippen LogP) is 4.94. The number of benzene rings is 3. The summed E-state index contributed by atoms with van der Waals surface area (Å²) in [5, 5.41) is 3.01. The molecule has 0 aliphatic carbocycles. The van der Waals surface area contributed by atoms with Gasteiger partial charge in [0.15, 0.2) is 0 Å². The molecule has 3 aromatic rings. The molecule has 1 aliphatic heterocycles. The first-order valence-electron chi connectivity index (χ1n) is 8.95. The second kappa shape index (κ2) is 7.84. The van der Waals surface area contributed by atoms with Gasteiger partial charge in [0.2, 0.25) is 5.91 Å². The Bertz CT molecular complexity index is 1130. The van der Waals surface area contributed by atoms with Gasteiger partial charge < -0.3 is 10.2 Å². The van der Waals surface area contributed by atoms with E-state index in [9.17, 15) is 22.8 Å². The zero-order valence-electron chi connectivity index (χ0n) is 15.3. The number of halogens is 4. The Hall–Kier alpha value is -3.32. The second-order valence-corrected chi connectivity index (χ2v) is 7.20. The van der Waals surface area contributed by atoms with Gasteiger partial charge in [0, 0.05) is 16.3 Å². The lowest BCUT2D eigenvalue weighted by atomic mass is 9.95. The third-order valence-electron chi connectivity index (χ3n) is 4.83. The predicted molar refractivity (Wildman–Crippen MR) is 106 cm³/mol. The van der Waals surface area contributed by atoms with E-state index in [0.29, 0.717) is 21.8 Å². The Morgan fingerprint density at radius 2 is 1.67 bits per heavy atom. The van der Waals surface area contributed by atoms with Gasteiger partial charge in [-0.3, -0.25) is 9.59 Å². The van der Waals surface area contributed by atoms with Gasteiger partial charge in [0.05, 0.1) is 6.04 Å². The molecular formula is C22H14ClF3N2O2. The Balaban J connectivity index is 1.93. The molecule has 0 aromatic heterocycles. The Morgan fingerprint density at radius 3 is 2.33 bits per heavy atom. The number of nitrogens with one attached hydrogen (secondary N) is 1. The van der Waals surface area contributed by atoms with Crippen LogP contribution in [0.5, 0.6) is 0 Å². The summed E-state index contributed by atoms with van der Waals surface area (Å²) in [5.74, 6) is -4.15. The van der Waals surface area contributed by atoms with Crippen LogP contribution in [0.1, 0.15) is 27.5 Å². The van der Waals surface area contributed by atoms with Crippen LogP contribution in [-0.4, -0.2) is 23.3 Å². The average molecular weight is 431 g/mol. The number of fused-ring (bicyclic) bond motifs is 1. The standard InChI is InChI=1S/C22H14ClF3N2O2/c23-13-6-9-18-15(10-13)21(12-4-7-14(24)8-5-12)28(11-19(29)27-18)22(30)20-16(25)2-1-3-17(20)26/h1-10,21H,11H2,(H,27,29). The molecule has 0 fully saturated rings. The van der Waals surface area contributed by atoms with Crippen molar-refractivity contribution in [2.75, 3.05) is 11.9 Å². The highest BCUT2D eigenvalue weighted by Gasteiger charge is 2.36. The van der Waals surface area contributed by atoms with E-state index in [2.05, 4.69) is 5.32 Å². The lowest BCUT2D eigenvalue weighted by molar-refractivity contribution is -0.117. The van der Waals surface area contributed by atoms with Gasteiger partial charge in [-0.2, -0.15) is 0 Å². The topological polar surface area (TPSA) is 49.4 Å². The largest absolute Gasteiger partial charge is 0.324 e. The molecule has 1 N–H and O–H groups in total. The molecule has 152 valence electrons. The maximum absolute atomic E-state index is 14.3. The van der Waals surface area contributed by atoms with E-state index in [1.165, 1.54) is 24.3 Å². The van der Waals surface area contributed by atoms with Crippen LogP contribution in [0.3, 0.4) is 0 Å². The number of rotatable bonds is 2. The molecule has 1 heterocycles. The lowest BCUT2D eigenvalue weighted by Crippen LogP contribution is -2.39. The normalized spacial score (nSPS) is 15.9. The Kier molecular flexibility index (Phi) is 5.22. The van der Waals surface area contributed by atoms with Crippen LogP contribution >= 0.6 is 11.6 Å². The van der Waals surface area contributed by atoms with E-state index in [-0.39, 0.29) is 0 Å². The van der Waals surface area contributed by atoms with Crippen LogP contribution in [0.25, 0.3) is 0 Å². The number of hydrogen-bond donors (Lipinski definition) is 1. The molecule has 4 nitrogen and oxygen atoms in total. The van der Waals surface area contributed by atoms with Gasteiger partial charge in [-0.1, -0.05) is 29.8 Å². The van der Waals surface area contributed by atoms with Crippen LogP contribution < -0.4 is 5.32 Å². The molecular weight excluding hydrogens is 417 g/mol. The molecule has 4 rings (SSSR count). The summed E-state index contributed by atoms with van der Waals surface area (Å²) in [5.41, 5.74) is 0.498. The number of hydrogen-bond acceptors (Lipinski definition) is 2. The zero-order chi connectivity index (χ0) is 21.4. The maximum Gasteiger partial charge on any atom is 0.261 e. The van der Waals surface area contributed by atoms with Crippen molar-refractivity contribution in [3.63, 3.8) is 0 Å². The SMILES string of the molecule is O=C1CN(C(=O)c2c(F)cccc2F)C(c2ccc(F)cc2)c2cc(Cl)ccc2N1. The first kappa shape index (κ1) is 20.0. The average Bonchev–Trinajstić information content (AvgIpc) is 2.84. The zero-order valence-corrected chi connectivity index (χ0v) is 16.1. The highest BCUT2D eigenvalue weighted by atomic mass is 35.5. The van der Waals surface area contributed by atoms with E-state index >= 15 is 0 Å². The minimum absolute atomic E-state index is 0.335. The van der Waals surface area contributed by atoms with Gasteiger partial charge in [0.25, 0.3) is 5.91 Å². The minimum atomic E-state index is -1.05. The van der Waals surface area contributed by atoms with Gasteiger partial charge in [0.1, 0.15) is 29.6 Å². The van der Waals surface area contributed by atoms with E-state index in [1.54, 1.807) is 18.2 Å². The molecule has 0 radical (unpaired) electrons. The summed E-state index contributed by atoms with van der Waals surface area (Å²) in [4.78, 5) is 26.8. The Morgan fingerprint density at radius 1 is 1.00 bits per heavy atom. The van der Waals surface area contributed by atoms with E-state index < -0.39 is 47.4 Å². The van der Waals surface area contributed by atoms with Crippen LogP contribution in [0.4, 0.5) is 18.9 Å². The summed E-state index contributed by atoms with van der Waals surface area (Å²) >= 11 is 6.14. The van der Waals surface area contributed by atoms with Gasteiger partial charge in [-0.15, -0.1) is 0 Å². The number of carbonyl (C=O) groups is 2. The number of nitrogens with zero attached hydrogens (tertiary/aromatic N) is 1. The van der Waals surface area contributed by atoms with Gasteiger partial charge in [-0.05, 0) is 48.0 Å². The van der Waals surface area contributed by atoms with Crippen molar-refractivity contribution in [3.8, 4) is 0 Å². The second-order valence-electron chi connectivity index (χ2n) is 6.76. The number of anilines is 1. The highest BCUT2D eigenvalue weighted by molar-refractivity contribution is 6.30. The molecule has 1 unspecified atom stereocenters. The first-order chi connectivity index (χ1) is 14.3. The molecule has 0 saturated carbocycles. The van der Waals surface area contributed by atoms with E-state index in [1.807, 2.05) is 0 Å². The van der Waals surface area contributed by atoms with Gasteiger partial charge >= 0.3 is 0 Å². The van der Waals surface area contributed by atoms with Gasteiger partial charge in [-0.25, -0.2) is 13.2 Å². The fourth-order valence-corrected chi connectivity index (χ4v) is 3.70. The lowest BCUT2D eigenvalue weighted by Gasteiger charge is -2.31. The molecule has 0 spiro atoms. The third-order valence-corrected chi connectivity index (χ3v) is 5.07. The maximum atomic E-state index is 14.3. The third kappa shape index (κ3) is 3.64. The summed E-state index contributed by atoms with van der Waals surface area (Å²) in [6, 6.07) is 12.1. The fourth-order valence-electron chi connectivity index (χ4n) is 3.52. The molecule has 30 heavy (non-hydrogen) atoms. The molecule has 0 saturated heterocycles. The summed E-state index contributed by atoms with van der Waals surface area (Å²) in [6.07, 6.45) is 0. The highest BCUT2D eigenvalue weighted by Crippen LogP contribution is 2.38. The minimum Gasteiger partial charge on any atom is -0.324 e. The summed E-state index contributed by atoms with van der Waals surface area (Å²) in [6.45, 7) is -0.471. The first-order valence-corrected chi connectivity index (χ1v) is 9.32. The summed E-state index contributed by atoms with van der Waals surface area (Å²) < 4.78 is 42.2. The van der Waals surface area contributed by atoms with Crippen molar-refractivity contribution in [2.24, 2.45) is 0 Å². The van der Waals surface area contributed by atoms with Crippen molar-refractivity contribution in [2.45, 2.75) is 6.04 Å². The van der Waals surface area contributed by atoms with Crippen LogP contribution in [0, 0.1) is 17.5 Å². The van der Waals surface area contributed by atoms with E-state index in [0.717, 1.165) is 23.1 Å². The smallest absolute Gasteiger partial charge is 0.261 e. The summed E-state index contributed by atoms with van der Waals surface area (Å²) in [7, 11) is 0. The van der Waals surface area contributed by atoms with Crippen LogP contribution in [0.15, 0.2) is 60.7 Å². The van der Waals surface area contributed by atoms with Crippen molar-refractivity contribution in [3.05, 3.63) is 99.8 Å². The van der Waals surface area contributed by atoms with Crippen molar-refractivity contribution in [1.82, 2.24) is 4.90 Å². The molecule has 8 heteroatoms. The van der Waals surface area contributed by atoms with Crippen LogP contribution in [-0.2, 0) is 4.79 Å². The van der Waals surface area contributed by atoms with Crippen molar-refractivity contribution < 1.29 is 22.8 Å². The Labute approximate surface area is 174 Å². The quantitative estimate of drug-likeness (QED) is 0.626. The molecule has 1 aliphatic rings. The van der Waals surface area contributed by atoms with Crippen LogP contribution in [0.2, 0.25) is 5.02 Å². The monoisotopic (exact) mass is 430 g/mol. The molecule has 2 amide bonds. The molecule has 0 bridgehead atoms. The molecule has 3 aromatic carbocycles. The fraction of sp³-hybridized carbons (Fsp3) is 0.0909. The number of carbonyl (C=O) groups excluding carboxylic acids is 2. The molecule has 1 atom stereocenters. The van der Waals surface area contributed by atoms with Crippen molar-refractivity contribution in [1.29, 1.82) is 0 Å². The number of amides is 2.